The van der Waals surface area contributed by atoms with Crippen LogP contribution in [0, 0.1) is 5.41 Å². The van der Waals surface area contributed by atoms with Crippen LogP contribution in [-0.4, -0.2) is 60.5 Å². The summed E-state index contributed by atoms with van der Waals surface area (Å²) in [5.41, 5.74) is 0.738. The van der Waals surface area contributed by atoms with E-state index in [0.717, 1.165) is 48.0 Å². The molecular formula is C25H33BrN6O3. The van der Waals surface area contributed by atoms with Crippen molar-refractivity contribution in [2.24, 2.45) is 5.41 Å². The molecule has 0 bridgehead atoms. The lowest BCUT2D eigenvalue weighted by atomic mass is 9.74. The molecule has 35 heavy (non-hydrogen) atoms. The summed E-state index contributed by atoms with van der Waals surface area (Å²) < 4.78 is 2.53. The average molecular weight is 545 g/mol. The molecule has 3 atom stereocenters. The van der Waals surface area contributed by atoms with Crippen LogP contribution in [0.5, 0.6) is 0 Å². The number of likely N-dealkylation sites (tertiary alicyclic amines) is 1. The molecular weight excluding hydrogens is 512 g/mol. The Bertz CT molecular complexity index is 1100. The number of carbonyl (C=O) groups is 2. The third-order valence-corrected chi connectivity index (χ3v) is 7.96. The molecule has 2 aliphatic carbocycles. The Labute approximate surface area is 213 Å². The quantitative estimate of drug-likeness (QED) is 0.577. The van der Waals surface area contributed by atoms with Crippen LogP contribution in [-0.2, 0) is 15.1 Å². The summed E-state index contributed by atoms with van der Waals surface area (Å²) in [6.45, 7) is 6.08. The van der Waals surface area contributed by atoms with E-state index in [1.807, 2.05) is 39.1 Å². The number of aliphatic hydroxyl groups excluding tert-OH is 1. The number of β-amino-alcohol motifs (C(OH)–C–C–N with tert-alkyl or cyclic N) is 1. The first kappa shape index (κ1) is 24.4. The van der Waals surface area contributed by atoms with Gasteiger partial charge >= 0.3 is 0 Å². The molecule has 10 heteroatoms. The molecule has 5 rings (SSSR count). The summed E-state index contributed by atoms with van der Waals surface area (Å²) in [6, 6.07) is 2.47. The lowest BCUT2D eigenvalue weighted by Gasteiger charge is -2.43. The van der Waals surface area contributed by atoms with Crippen molar-refractivity contribution in [1.82, 2.24) is 30.2 Å². The fraction of sp³-hybridized carbons (Fsp3) is 0.640. The Morgan fingerprint density at radius 1 is 1.26 bits per heavy atom. The van der Waals surface area contributed by atoms with Gasteiger partial charge in [-0.05, 0) is 65.6 Å². The maximum absolute atomic E-state index is 13.9. The van der Waals surface area contributed by atoms with Crippen molar-refractivity contribution in [1.29, 1.82) is 0 Å². The Kier molecular flexibility index (Phi) is 6.24. The number of aliphatic hydroxyl groups is 1. The Morgan fingerprint density at radius 2 is 2.00 bits per heavy atom. The molecule has 3 heterocycles. The van der Waals surface area contributed by atoms with Crippen molar-refractivity contribution in [3.05, 3.63) is 40.4 Å². The van der Waals surface area contributed by atoms with Gasteiger partial charge in [-0.15, -0.1) is 5.10 Å². The van der Waals surface area contributed by atoms with E-state index in [9.17, 15) is 14.7 Å². The summed E-state index contributed by atoms with van der Waals surface area (Å²) in [5.74, 6) is -0.0346. The topological polar surface area (TPSA) is 113 Å². The van der Waals surface area contributed by atoms with Crippen LogP contribution >= 0.6 is 15.9 Å². The molecule has 2 aromatic heterocycles. The number of carbonyl (C=O) groups excluding carboxylic acids is 2. The zero-order chi connectivity index (χ0) is 25.0. The monoisotopic (exact) mass is 544 g/mol. The number of nitrogens with one attached hydrogen (secondary N) is 1. The van der Waals surface area contributed by atoms with Gasteiger partial charge in [0.2, 0.25) is 11.8 Å². The van der Waals surface area contributed by atoms with Crippen molar-refractivity contribution in [2.75, 3.05) is 6.54 Å². The Balaban J connectivity index is 1.38. The fourth-order valence-electron chi connectivity index (χ4n) is 5.28. The number of hydrogen-bond acceptors (Lipinski definition) is 6. The second kappa shape index (κ2) is 8.96. The molecule has 2 N–H and O–H groups in total. The van der Waals surface area contributed by atoms with Gasteiger partial charge in [-0.1, -0.05) is 26.0 Å². The minimum atomic E-state index is -0.753. The maximum atomic E-state index is 13.9. The first-order chi connectivity index (χ1) is 16.6. The molecule has 2 amide bonds. The van der Waals surface area contributed by atoms with Gasteiger partial charge in [0.05, 0.1) is 23.0 Å². The predicted octanol–water partition coefficient (Wildman–Crippen LogP) is 3.06. The number of rotatable bonds is 6. The largest absolute Gasteiger partial charge is 0.391 e. The molecule has 2 saturated carbocycles. The third kappa shape index (κ3) is 4.74. The SMILES string of the molecule is CC(C)(C)[C@@H](C(=O)N1C[C@H](O)C[C@H]1C(=O)NC1(c2ccc(Br)cn2)CCC1)n1cc(C2CC2)nn1. The molecule has 1 aliphatic heterocycles. The summed E-state index contributed by atoms with van der Waals surface area (Å²) >= 11 is 3.42. The van der Waals surface area contributed by atoms with E-state index in [1.165, 1.54) is 4.90 Å². The second-order valence-electron chi connectivity index (χ2n) is 11.3. The van der Waals surface area contributed by atoms with Crippen molar-refractivity contribution in [3.8, 4) is 0 Å². The fourth-order valence-corrected chi connectivity index (χ4v) is 5.51. The highest BCUT2D eigenvalue weighted by Gasteiger charge is 2.48. The van der Waals surface area contributed by atoms with Gasteiger partial charge in [-0.2, -0.15) is 0 Å². The molecule has 2 aromatic rings. The van der Waals surface area contributed by atoms with Gasteiger partial charge in [-0.3, -0.25) is 14.6 Å². The minimum Gasteiger partial charge on any atom is -0.391 e. The smallest absolute Gasteiger partial charge is 0.248 e. The van der Waals surface area contributed by atoms with Gasteiger partial charge in [0.1, 0.15) is 12.1 Å². The number of nitrogens with zero attached hydrogens (tertiary/aromatic N) is 5. The molecule has 188 valence electrons. The van der Waals surface area contributed by atoms with E-state index >= 15 is 0 Å². The lowest BCUT2D eigenvalue weighted by molar-refractivity contribution is -0.145. The lowest BCUT2D eigenvalue weighted by Crippen LogP contribution is -2.57. The molecule has 1 saturated heterocycles. The summed E-state index contributed by atoms with van der Waals surface area (Å²) in [4.78, 5) is 33.6. The van der Waals surface area contributed by atoms with Crippen LogP contribution in [0.25, 0.3) is 0 Å². The number of hydrogen-bond donors (Lipinski definition) is 2. The number of aromatic nitrogens is 4. The number of halogens is 1. The standard InChI is InChI=1S/C25H33BrN6O3/c1-24(2,3)21(32-14-18(29-30-32)15-5-6-15)23(35)31-13-17(33)11-19(31)22(34)28-25(9-4-10-25)20-8-7-16(26)12-27-20/h7-8,12,14-15,17,19,21,33H,4-6,9-11,13H2,1-3H3,(H,28,34)/t17-,19+,21-/m1/s1. The van der Waals surface area contributed by atoms with Gasteiger partial charge in [0.25, 0.3) is 0 Å². The van der Waals surface area contributed by atoms with Crippen LogP contribution < -0.4 is 5.32 Å². The van der Waals surface area contributed by atoms with Crippen LogP contribution in [0.4, 0.5) is 0 Å². The Hall–Kier alpha value is -2.33. The first-order valence-electron chi connectivity index (χ1n) is 12.4. The highest BCUT2D eigenvalue weighted by atomic mass is 79.9. The highest BCUT2D eigenvalue weighted by Crippen LogP contribution is 2.42. The predicted molar refractivity (Wildman–Crippen MR) is 132 cm³/mol. The van der Waals surface area contributed by atoms with Gasteiger partial charge in [0.15, 0.2) is 0 Å². The number of pyridine rings is 1. The highest BCUT2D eigenvalue weighted by molar-refractivity contribution is 9.10. The molecule has 0 spiro atoms. The summed E-state index contributed by atoms with van der Waals surface area (Å²) in [5, 5.41) is 22.3. The van der Waals surface area contributed by atoms with Crippen molar-refractivity contribution >= 4 is 27.7 Å². The van der Waals surface area contributed by atoms with E-state index in [-0.39, 0.29) is 24.8 Å². The van der Waals surface area contributed by atoms with E-state index in [0.29, 0.717) is 5.92 Å². The molecule has 9 nitrogen and oxygen atoms in total. The Morgan fingerprint density at radius 3 is 2.57 bits per heavy atom. The van der Waals surface area contributed by atoms with Gasteiger partial charge in [0, 0.05) is 35.7 Å². The molecule has 3 aliphatic rings. The van der Waals surface area contributed by atoms with Gasteiger partial charge in [-0.25, -0.2) is 4.68 Å². The van der Waals surface area contributed by atoms with Crippen molar-refractivity contribution in [3.63, 3.8) is 0 Å². The van der Waals surface area contributed by atoms with Gasteiger partial charge < -0.3 is 15.3 Å². The van der Waals surface area contributed by atoms with E-state index in [4.69, 9.17) is 0 Å². The van der Waals surface area contributed by atoms with E-state index in [2.05, 4.69) is 36.5 Å². The van der Waals surface area contributed by atoms with E-state index in [1.54, 1.807) is 10.9 Å². The average Bonchev–Trinajstić information content (AvgIpc) is 3.37. The molecule has 0 aromatic carbocycles. The zero-order valence-corrected chi connectivity index (χ0v) is 22.0. The van der Waals surface area contributed by atoms with Crippen LogP contribution in [0.1, 0.15) is 82.6 Å². The second-order valence-corrected chi connectivity index (χ2v) is 12.3. The van der Waals surface area contributed by atoms with E-state index < -0.39 is 29.1 Å². The van der Waals surface area contributed by atoms with Crippen LogP contribution in [0.2, 0.25) is 0 Å². The first-order valence-corrected chi connectivity index (χ1v) is 13.2. The molecule has 3 fully saturated rings. The molecule has 0 radical (unpaired) electrons. The summed E-state index contributed by atoms with van der Waals surface area (Å²) in [6.07, 6.45) is 7.85. The van der Waals surface area contributed by atoms with Crippen LogP contribution in [0.3, 0.4) is 0 Å². The number of amides is 2. The zero-order valence-electron chi connectivity index (χ0n) is 20.4. The maximum Gasteiger partial charge on any atom is 0.248 e. The minimum absolute atomic E-state index is 0.122. The molecule has 0 unspecified atom stereocenters. The third-order valence-electron chi connectivity index (χ3n) is 7.49. The van der Waals surface area contributed by atoms with Crippen molar-refractivity contribution < 1.29 is 14.7 Å². The van der Waals surface area contributed by atoms with Crippen molar-refractivity contribution in [2.45, 2.75) is 88.9 Å². The normalized spacial score (nSPS) is 24.7. The summed E-state index contributed by atoms with van der Waals surface area (Å²) in [7, 11) is 0. The van der Waals surface area contributed by atoms with Crippen LogP contribution in [0.15, 0.2) is 29.0 Å².